The summed E-state index contributed by atoms with van der Waals surface area (Å²) in [6.45, 7) is 0. The second kappa shape index (κ2) is 14.1. The molecule has 0 aliphatic rings. The molecule has 8 aromatic rings. The number of benzene rings is 4. The van der Waals surface area contributed by atoms with Gasteiger partial charge in [0, 0.05) is 65.0 Å². The number of fused-ring (bicyclic) bond motifs is 2. The first kappa shape index (κ1) is 33.4. The van der Waals surface area contributed by atoms with Gasteiger partial charge in [-0.15, -0.1) is 0 Å². The van der Waals surface area contributed by atoms with Gasteiger partial charge in [-0.3, -0.25) is 4.98 Å². The van der Waals surface area contributed by atoms with Gasteiger partial charge in [-0.1, -0.05) is 71.0 Å². The molecule has 0 fully saturated rings. The Bertz CT molecular complexity index is 2660. The van der Waals surface area contributed by atoms with Crippen molar-refractivity contribution in [2.24, 2.45) is 11.5 Å². The van der Waals surface area contributed by atoms with Gasteiger partial charge in [0.25, 0.3) is 0 Å². The molecule has 8 rings (SSSR count). The third-order valence-electron chi connectivity index (χ3n) is 9.41. The van der Waals surface area contributed by atoms with E-state index in [0.717, 1.165) is 49.8 Å². The van der Waals surface area contributed by atoms with Gasteiger partial charge in [0.05, 0.1) is 18.2 Å². The average molecular weight is 702 g/mol. The molecule has 4 aromatic carbocycles. The van der Waals surface area contributed by atoms with E-state index in [9.17, 15) is 9.65 Å². The molecule has 0 unspecified atom stereocenters. The number of nitrogens with zero attached hydrogens (tertiary/aromatic N) is 5. The van der Waals surface area contributed by atoms with Crippen molar-refractivity contribution in [1.29, 1.82) is 5.26 Å². The Morgan fingerprint density at radius 3 is 2.36 bits per heavy atom. The minimum absolute atomic E-state index is 0.0846. The van der Waals surface area contributed by atoms with Gasteiger partial charge in [-0.25, -0.2) is 9.37 Å². The van der Waals surface area contributed by atoms with Crippen molar-refractivity contribution < 1.29 is 18.2 Å². The number of pyridine rings is 2. The van der Waals surface area contributed by atoms with Crippen molar-refractivity contribution in [2.45, 2.75) is 24.9 Å². The number of para-hydroxylation sites is 2. The zero-order valence-corrected chi connectivity index (χ0v) is 28.5. The van der Waals surface area contributed by atoms with Gasteiger partial charge in [0.15, 0.2) is 11.2 Å². The molecule has 53 heavy (non-hydrogen) atoms. The zero-order valence-electron chi connectivity index (χ0n) is 28.5. The minimum atomic E-state index is -0.638. The van der Waals surface area contributed by atoms with Crippen LogP contribution in [0.2, 0.25) is 0 Å². The van der Waals surface area contributed by atoms with Crippen LogP contribution in [0.4, 0.5) is 4.39 Å². The average Bonchev–Trinajstić information content (AvgIpc) is 3.83. The monoisotopic (exact) mass is 701 g/mol. The third kappa shape index (κ3) is 6.38. The third-order valence-corrected chi connectivity index (χ3v) is 9.41. The van der Waals surface area contributed by atoms with Gasteiger partial charge < -0.3 is 25.3 Å². The van der Waals surface area contributed by atoms with Crippen molar-refractivity contribution in [1.82, 2.24) is 20.3 Å². The molecule has 0 saturated carbocycles. The van der Waals surface area contributed by atoms with Crippen LogP contribution in [0.15, 0.2) is 124 Å². The highest BCUT2D eigenvalue weighted by Crippen LogP contribution is 2.41. The number of aromatic nitrogens is 4. The summed E-state index contributed by atoms with van der Waals surface area (Å²) in [6.07, 6.45) is 2.26. The molecule has 0 aliphatic carbocycles. The molecule has 0 spiro atoms. The van der Waals surface area contributed by atoms with E-state index >= 15 is 0 Å². The summed E-state index contributed by atoms with van der Waals surface area (Å²) in [7, 11) is 1.62. The lowest BCUT2D eigenvalue weighted by atomic mass is 9.90. The summed E-state index contributed by atoms with van der Waals surface area (Å²) in [4.78, 5) is 8.67. The van der Waals surface area contributed by atoms with E-state index in [2.05, 4.69) is 26.3 Å². The molecule has 4 heterocycles. The Labute approximate surface area is 303 Å². The van der Waals surface area contributed by atoms with E-state index in [1.165, 1.54) is 12.1 Å². The summed E-state index contributed by atoms with van der Waals surface area (Å²) in [5.74, 6) is 0.191. The summed E-state index contributed by atoms with van der Waals surface area (Å²) >= 11 is 0. The normalized spacial score (nSPS) is 12.5. The summed E-state index contributed by atoms with van der Waals surface area (Å²) in [5, 5.41) is 20.0. The van der Waals surface area contributed by atoms with Crippen LogP contribution in [-0.2, 0) is 12.8 Å². The van der Waals surface area contributed by atoms with Crippen LogP contribution in [0.25, 0.3) is 55.6 Å². The van der Waals surface area contributed by atoms with E-state index in [4.69, 9.17) is 25.3 Å². The summed E-state index contributed by atoms with van der Waals surface area (Å²) < 4.78 is 31.9. The number of hydrogen-bond donors (Lipinski definition) is 2. The van der Waals surface area contributed by atoms with Crippen molar-refractivity contribution in [2.75, 3.05) is 7.11 Å². The van der Waals surface area contributed by atoms with Gasteiger partial charge in [0.2, 0.25) is 0 Å². The van der Waals surface area contributed by atoms with Crippen molar-refractivity contribution in [3.63, 3.8) is 0 Å². The maximum atomic E-state index is 14.7. The van der Waals surface area contributed by atoms with Crippen molar-refractivity contribution in [3.05, 3.63) is 149 Å². The maximum Gasteiger partial charge on any atom is 0.175 e. The van der Waals surface area contributed by atoms with Gasteiger partial charge in [-0.2, -0.15) is 5.26 Å². The predicted molar refractivity (Wildman–Crippen MR) is 199 cm³/mol. The Morgan fingerprint density at radius 1 is 0.755 bits per heavy atom. The Morgan fingerprint density at radius 2 is 1.49 bits per heavy atom. The molecular formula is C42H32FN7O3. The molecule has 0 saturated heterocycles. The van der Waals surface area contributed by atoms with Gasteiger partial charge in [-0.05, 0) is 59.2 Å². The van der Waals surface area contributed by atoms with E-state index < -0.39 is 17.9 Å². The second-order valence-electron chi connectivity index (χ2n) is 12.7. The molecule has 4 N–H and O–H groups in total. The highest BCUT2D eigenvalue weighted by Gasteiger charge is 2.24. The number of halogens is 1. The highest BCUT2D eigenvalue weighted by atomic mass is 19.1. The zero-order chi connectivity index (χ0) is 36.5. The molecule has 0 aliphatic heterocycles. The first-order chi connectivity index (χ1) is 25.9. The van der Waals surface area contributed by atoms with E-state index in [1.54, 1.807) is 19.4 Å². The van der Waals surface area contributed by atoms with Gasteiger partial charge in [0.1, 0.15) is 34.7 Å². The molecule has 4 aromatic heterocycles. The molecular weight excluding hydrogens is 670 g/mol. The molecule has 10 nitrogen and oxygen atoms in total. The highest BCUT2D eigenvalue weighted by molar-refractivity contribution is 6.01. The van der Waals surface area contributed by atoms with Crippen LogP contribution >= 0.6 is 0 Å². The fraction of sp³-hybridized carbons (Fsp3) is 0.119. The quantitative estimate of drug-likeness (QED) is 0.142. The fourth-order valence-electron chi connectivity index (χ4n) is 6.79. The van der Waals surface area contributed by atoms with Crippen LogP contribution < -0.4 is 16.2 Å². The van der Waals surface area contributed by atoms with Crippen LogP contribution in [0.1, 0.15) is 40.3 Å². The lowest BCUT2D eigenvalue weighted by Gasteiger charge is -2.17. The fourth-order valence-corrected chi connectivity index (χ4v) is 6.79. The van der Waals surface area contributed by atoms with Crippen molar-refractivity contribution >= 4 is 21.9 Å². The molecule has 0 radical (unpaired) electrons. The molecule has 2 atom stereocenters. The summed E-state index contributed by atoms with van der Waals surface area (Å²) in [5.41, 5.74) is 22.0. The number of hydrogen-bond acceptors (Lipinski definition) is 10. The van der Waals surface area contributed by atoms with Crippen LogP contribution in [0, 0.1) is 17.1 Å². The number of nitrogens with two attached hydrogens (primary N) is 2. The Kier molecular flexibility index (Phi) is 8.90. The first-order valence-corrected chi connectivity index (χ1v) is 16.9. The number of rotatable bonds is 10. The first-order valence-electron chi connectivity index (χ1n) is 16.9. The van der Waals surface area contributed by atoms with Crippen LogP contribution in [0.3, 0.4) is 0 Å². The summed E-state index contributed by atoms with van der Waals surface area (Å²) in [6, 6.07) is 34.4. The van der Waals surface area contributed by atoms with Crippen LogP contribution in [0.5, 0.6) is 5.75 Å². The second-order valence-corrected chi connectivity index (χ2v) is 12.7. The lowest BCUT2D eigenvalue weighted by molar-refractivity contribution is 0.413. The number of methoxy groups -OCH3 is 1. The molecule has 260 valence electrons. The molecule has 11 heteroatoms. The number of ether oxygens (including phenoxy) is 1. The Hall–Kier alpha value is -6.74. The lowest BCUT2D eigenvalue weighted by Crippen LogP contribution is -2.16. The molecule has 0 amide bonds. The van der Waals surface area contributed by atoms with Crippen molar-refractivity contribution in [3.8, 4) is 45.5 Å². The van der Waals surface area contributed by atoms with E-state index in [-0.39, 0.29) is 17.8 Å². The minimum Gasteiger partial charge on any atom is -0.497 e. The van der Waals surface area contributed by atoms with Gasteiger partial charge >= 0.3 is 0 Å². The maximum absolute atomic E-state index is 14.7. The SMILES string of the molecule is COc1ccnc(C[C@H](N)c2ccc(-c3cccc4c(-c5ccccc5[C@@H](N)Cc5nc(C#N)ccc5F)noc34)cc2-c2noc3ccccc23)c1. The number of nitriles is 1. The standard InChI is InChI=1S/C42H32FN7O3/c1-51-27-17-18-47-26(20-27)21-36(45)30-15-13-24(19-34(30)41-32-9-4-5-12-39(32)52-49-41)28-10-6-11-33-40(50-53-42(28)33)31-8-3-2-7-29(31)37(46)22-38-35(43)16-14-25(23-44)48-38/h2-20,36-37H,21-22,45-46H2,1H3/t36-,37-/m0/s1. The van der Waals surface area contributed by atoms with E-state index in [0.29, 0.717) is 34.7 Å². The largest absolute Gasteiger partial charge is 0.497 e. The van der Waals surface area contributed by atoms with E-state index in [1.807, 2.05) is 91.0 Å². The Balaban J connectivity index is 1.20. The predicted octanol–water partition coefficient (Wildman–Crippen LogP) is 8.26. The topological polar surface area (TPSA) is 163 Å². The van der Waals surface area contributed by atoms with Crippen LogP contribution in [-0.4, -0.2) is 27.4 Å². The smallest absolute Gasteiger partial charge is 0.175 e. The molecule has 0 bridgehead atoms.